The molecule has 1 aliphatic heterocycles. The van der Waals surface area contributed by atoms with E-state index in [0.717, 1.165) is 38.8 Å². The molecule has 0 aromatic rings. The Morgan fingerprint density at radius 1 is 1.21 bits per heavy atom. The molecular weight excluding hydrogens is 240 g/mol. The Bertz CT molecular complexity index is 284. The Morgan fingerprint density at radius 3 is 2.37 bits per heavy atom. The minimum atomic E-state index is -0.245. The van der Waals surface area contributed by atoms with E-state index in [2.05, 4.69) is 0 Å². The Labute approximate surface area is 116 Å². The van der Waals surface area contributed by atoms with Crippen LogP contribution in [0.5, 0.6) is 0 Å². The van der Waals surface area contributed by atoms with Crippen LogP contribution in [0.25, 0.3) is 0 Å². The standard InChI is InChI=1S/C15H28N2O2/c1-16(11-14(18)13-7-8-13)12-15(19)17-9-5-3-2-4-6-10-17/h13-14,18H,2-12H2,1H3. The summed E-state index contributed by atoms with van der Waals surface area (Å²) in [4.78, 5) is 16.2. The fourth-order valence-corrected chi connectivity index (χ4v) is 2.84. The zero-order valence-electron chi connectivity index (χ0n) is 12.2. The van der Waals surface area contributed by atoms with Gasteiger partial charge in [0, 0.05) is 19.6 Å². The van der Waals surface area contributed by atoms with Crippen molar-refractivity contribution < 1.29 is 9.90 Å². The van der Waals surface area contributed by atoms with Crippen molar-refractivity contribution in [1.29, 1.82) is 0 Å². The summed E-state index contributed by atoms with van der Waals surface area (Å²) < 4.78 is 0. The molecule has 1 aliphatic carbocycles. The quantitative estimate of drug-likeness (QED) is 0.821. The molecule has 0 aromatic heterocycles. The first-order valence-electron chi connectivity index (χ1n) is 7.81. The summed E-state index contributed by atoms with van der Waals surface area (Å²) in [6, 6.07) is 0. The zero-order chi connectivity index (χ0) is 13.7. The number of hydrogen-bond acceptors (Lipinski definition) is 3. The van der Waals surface area contributed by atoms with E-state index in [0.29, 0.717) is 19.0 Å². The molecule has 4 heteroatoms. The molecule has 0 bridgehead atoms. The number of carbonyl (C=O) groups excluding carboxylic acids is 1. The fourth-order valence-electron chi connectivity index (χ4n) is 2.84. The molecule has 1 heterocycles. The molecule has 110 valence electrons. The van der Waals surface area contributed by atoms with E-state index < -0.39 is 0 Å². The number of nitrogens with zero attached hydrogens (tertiary/aromatic N) is 2. The Kier molecular flexibility index (Phi) is 5.64. The summed E-state index contributed by atoms with van der Waals surface area (Å²) in [7, 11) is 1.94. The van der Waals surface area contributed by atoms with E-state index in [1.165, 1.54) is 19.3 Å². The topological polar surface area (TPSA) is 43.8 Å². The summed E-state index contributed by atoms with van der Waals surface area (Å²) in [6.07, 6.45) is 8.14. The van der Waals surface area contributed by atoms with Gasteiger partial charge in [0.2, 0.25) is 5.91 Å². The predicted molar refractivity (Wildman–Crippen MR) is 75.9 cm³/mol. The highest BCUT2D eigenvalue weighted by Crippen LogP contribution is 2.32. The molecule has 4 nitrogen and oxygen atoms in total. The van der Waals surface area contributed by atoms with E-state index in [1.807, 2.05) is 16.8 Å². The predicted octanol–water partition coefficient (Wildman–Crippen LogP) is 1.48. The van der Waals surface area contributed by atoms with Gasteiger partial charge >= 0.3 is 0 Å². The van der Waals surface area contributed by atoms with E-state index in [-0.39, 0.29) is 12.0 Å². The van der Waals surface area contributed by atoms with Crippen molar-refractivity contribution in [3.63, 3.8) is 0 Å². The third-order valence-electron chi connectivity index (χ3n) is 4.28. The Morgan fingerprint density at radius 2 is 1.79 bits per heavy atom. The Hall–Kier alpha value is -0.610. The second kappa shape index (κ2) is 7.25. The van der Waals surface area contributed by atoms with Crippen LogP contribution in [0.2, 0.25) is 0 Å². The number of carbonyl (C=O) groups is 1. The highest BCUT2D eigenvalue weighted by atomic mass is 16.3. The molecule has 0 spiro atoms. The first-order valence-corrected chi connectivity index (χ1v) is 7.81. The molecule has 2 fully saturated rings. The lowest BCUT2D eigenvalue weighted by Crippen LogP contribution is -2.42. The molecule has 1 N–H and O–H groups in total. The molecule has 0 radical (unpaired) electrons. The normalized spacial score (nSPS) is 23.0. The van der Waals surface area contributed by atoms with Crippen molar-refractivity contribution in [2.45, 2.75) is 51.0 Å². The van der Waals surface area contributed by atoms with Gasteiger partial charge < -0.3 is 10.0 Å². The number of aliphatic hydroxyl groups excluding tert-OH is 1. The van der Waals surface area contributed by atoms with Crippen LogP contribution in [0.3, 0.4) is 0 Å². The lowest BCUT2D eigenvalue weighted by molar-refractivity contribution is -0.132. The van der Waals surface area contributed by atoms with Crippen LogP contribution in [0, 0.1) is 5.92 Å². The second-order valence-corrected chi connectivity index (χ2v) is 6.25. The van der Waals surface area contributed by atoms with Crippen LogP contribution in [0.1, 0.15) is 44.9 Å². The van der Waals surface area contributed by atoms with Gasteiger partial charge in [-0.2, -0.15) is 0 Å². The van der Waals surface area contributed by atoms with Gasteiger partial charge in [-0.25, -0.2) is 0 Å². The number of amides is 1. The van der Waals surface area contributed by atoms with Gasteiger partial charge in [0.25, 0.3) is 0 Å². The van der Waals surface area contributed by atoms with Gasteiger partial charge in [-0.3, -0.25) is 9.69 Å². The van der Waals surface area contributed by atoms with Gasteiger partial charge in [-0.1, -0.05) is 19.3 Å². The largest absolute Gasteiger partial charge is 0.392 e. The highest BCUT2D eigenvalue weighted by Gasteiger charge is 2.30. The van der Waals surface area contributed by atoms with E-state index >= 15 is 0 Å². The molecule has 1 atom stereocenters. The number of rotatable bonds is 5. The average Bonchev–Trinajstić information content (AvgIpc) is 3.11. The maximum absolute atomic E-state index is 12.2. The number of aliphatic hydroxyl groups is 1. The van der Waals surface area contributed by atoms with Crippen molar-refractivity contribution >= 4 is 5.91 Å². The van der Waals surface area contributed by atoms with Gasteiger partial charge in [-0.15, -0.1) is 0 Å². The van der Waals surface area contributed by atoms with Crippen molar-refractivity contribution in [3.8, 4) is 0 Å². The van der Waals surface area contributed by atoms with E-state index in [4.69, 9.17) is 0 Å². The smallest absolute Gasteiger partial charge is 0.236 e. The molecule has 1 amide bonds. The van der Waals surface area contributed by atoms with Crippen LogP contribution >= 0.6 is 0 Å². The molecular formula is C15H28N2O2. The molecule has 19 heavy (non-hydrogen) atoms. The summed E-state index contributed by atoms with van der Waals surface area (Å²) in [5.41, 5.74) is 0. The second-order valence-electron chi connectivity index (χ2n) is 6.25. The van der Waals surface area contributed by atoms with E-state index in [1.54, 1.807) is 0 Å². The summed E-state index contributed by atoms with van der Waals surface area (Å²) in [5.74, 6) is 0.714. The first kappa shape index (κ1) is 14.8. The maximum atomic E-state index is 12.2. The lowest BCUT2D eigenvalue weighted by atomic mass is 10.1. The minimum absolute atomic E-state index is 0.229. The van der Waals surface area contributed by atoms with Gasteiger partial charge in [0.05, 0.1) is 12.6 Å². The lowest BCUT2D eigenvalue weighted by Gasteiger charge is -2.27. The van der Waals surface area contributed by atoms with E-state index in [9.17, 15) is 9.90 Å². The van der Waals surface area contributed by atoms with Crippen LogP contribution < -0.4 is 0 Å². The Balaban J connectivity index is 1.71. The average molecular weight is 268 g/mol. The van der Waals surface area contributed by atoms with Crippen molar-refractivity contribution in [3.05, 3.63) is 0 Å². The SMILES string of the molecule is CN(CC(=O)N1CCCCCCC1)CC(O)C1CC1. The summed E-state index contributed by atoms with van der Waals surface area (Å²) in [5, 5.41) is 9.90. The third-order valence-corrected chi connectivity index (χ3v) is 4.28. The highest BCUT2D eigenvalue weighted by molar-refractivity contribution is 5.78. The van der Waals surface area contributed by atoms with Crippen molar-refractivity contribution in [2.24, 2.45) is 5.92 Å². The van der Waals surface area contributed by atoms with Crippen LogP contribution in [0.4, 0.5) is 0 Å². The summed E-state index contributed by atoms with van der Waals surface area (Å²) >= 11 is 0. The van der Waals surface area contributed by atoms with Crippen LogP contribution in [0.15, 0.2) is 0 Å². The zero-order valence-corrected chi connectivity index (χ0v) is 12.2. The van der Waals surface area contributed by atoms with Crippen molar-refractivity contribution in [2.75, 3.05) is 33.2 Å². The molecule has 2 aliphatic rings. The van der Waals surface area contributed by atoms with Gasteiger partial charge in [-0.05, 0) is 38.6 Å². The first-order chi connectivity index (χ1) is 9.16. The minimum Gasteiger partial charge on any atom is -0.392 e. The molecule has 2 rings (SSSR count). The maximum Gasteiger partial charge on any atom is 0.236 e. The van der Waals surface area contributed by atoms with Crippen LogP contribution in [-0.2, 0) is 4.79 Å². The molecule has 1 saturated heterocycles. The number of likely N-dealkylation sites (N-methyl/N-ethyl adjacent to an activating group) is 1. The molecule has 0 aromatic carbocycles. The molecule has 1 saturated carbocycles. The fraction of sp³-hybridized carbons (Fsp3) is 0.933. The van der Waals surface area contributed by atoms with Gasteiger partial charge in [0.15, 0.2) is 0 Å². The number of hydrogen-bond donors (Lipinski definition) is 1. The third kappa shape index (κ3) is 5.11. The number of likely N-dealkylation sites (tertiary alicyclic amines) is 1. The van der Waals surface area contributed by atoms with Crippen LogP contribution in [-0.4, -0.2) is 60.1 Å². The van der Waals surface area contributed by atoms with Crippen molar-refractivity contribution in [1.82, 2.24) is 9.80 Å². The molecule has 1 unspecified atom stereocenters. The monoisotopic (exact) mass is 268 g/mol. The van der Waals surface area contributed by atoms with Gasteiger partial charge in [0.1, 0.15) is 0 Å². The summed E-state index contributed by atoms with van der Waals surface area (Å²) in [6.45, 7) is 2.91.